The molecule has 0 heterocycles. The van der Waals surface area contributed by atoms with E-state index in [9.17, 15) is 4.79 Å². The van der Waals surface area contributed by atoms with Crippen LogP contribution in [-0.2, 0) is 10.2 Å². The number of carbonyl (C=O) groups excluding carboxylic acids is 1. The lowest BCUT2D eigenvalue weighted by atomic mass is 9.83. The molecule has 15 heavy (non-hydrogen) atoms. The largest absolute Gasteiger partial charge is 0.358 e. The molecule has 0 saturated carbocycles. The van der Waals surface area contributed by atoms with Crippen molar-refractivity contribution in [2.24, 2.45) is 0 Å². The van der Waals surface area contributed by atoms with E-state index in [1.165, 1.54) is 0 Å². The van der Waals surface area contributed by atoms with Crippen molar-refractivity contribution in [2.45, 2.75) is 19.3 Å². The molecule has 1 aromatic rings. The Kier molecular flexibility index (Phi) is 3.11. The van der Waals surface area contributed by atoms with Crippen LogP contribution in [0.3, 0.4) is 0 Å². The van der Waals surface area contributed by atoms with E-state index < -0.39 is 5.41 Å². The molecule has 0 aromatic heterocycles. The summed E-state index contributed by atoms with van der Waals surface area (Å²) in [5.41, 5.74) is 0.812. The third kappa shape index (κ3) is 2.16. The second-order valence-corrected chi connectivity index (χ2v) is 3.90. The van der Waals surface area contributed by atoms with Crippen LogP contribution in [0.2, 0.25) is 0 Å². The standard InChI is InChI=1S/C12H14N2O/c1-12(2,11(15)14-3)10-6-4-5-9(7-10)8-13/h4-7H,1-3H3,(H,14,15). The highest BCUT2D eigenvalue weighted by atomic mass is 16.2. The molecule has 0 aliphatic heterocycles. The summed E-state index contributed by atoms with van der Waals surface area (Å²) >= 11 is 0. The number of likely N-dealkylation sites (N-methyl/N-ethyl adjacent to an activating group) is 1. The van der Waals surface area contributed by atoms with Crippen LogP contribution < -0.4 is 5.32 Å². The summed E-state index contributed by atoms with van der Waals surface area (Å²) in [7, 11) is 1.61. The average Bonchev–Trinajstić information content (AvgIpc) is 2.27. The fourth-order valence-electron chi connectivity index (χ4n) is 1.42. The van der Waals surface area contributed by atoms with Gasteiger partial charge < -0.3 is 5.32 Å². The molecule has 0 saturated heterocycles. The molecule has 0 atom stereocenters. The van der Waals surface area contributed by atoms with Crippen LogP contribution in [0.1, 0.15) is 25.0 Å². The van der Waals surface area contributed by atoms with E-state index in [1.54, 1.807) is 25.2 Å². The smallest absolute Gasteiger partial charge is 0.229 e. The van der Waals surface area contributed by atoms with E-state index in [4.69, 9.17) is 5.26 Å². The number of nitrogens with zero attached hydrogens (tertiary/aromatic N) is 1. The molecule has 3 heteroatoms. The lowest BCUT2D eigenvalue weighted by molar-refractivity contribution is -0.125. The zero-order valence-corrected chi connectivity index (χ0v) is 9.16. The third-order valence-corrected chi connectivity index (χ3v) is 2.51. The molecular formula is C12H14N2O. The van der Waals surface area contributed by atoms with Crippen molar-refractivity contribution in [1.82, 2.24) is 5.32 Å². The zero-order chi connectivity index (χ0) is 11.5. The van der Waals surface area contributed by atoms with Crippen LogP contribution in [-0.4, -0.2) is 13.0 Å². The Morgan fingerprint density at radius 2 is 2.13 bits per heavy atom. The maximum Gasteiger partial charge on any atom is 0.229 e. The summed E-state index contributed by atoms with van der Waals surface area (Å²) in [6.07, 6.45) is 0. The zero-order valence-electron chi connectivity index (χ0n) is 9.16. The molecule has 0 bridgehead atoms. The summed E-state index contributed by atoms with van der Waals surface area (Å²) in [5.74, 6) is -0.0578. The van der Waals surface area contributed by atoms with Crippen LogP contribution in [0.5, 0.6) is 0 Å². The predicted octanol–water partition coefficient (Wildman–Crippen LogP) is 1.58. The monoisotopic (exact) mass is 202 g/mol. The van der Waals surface area contributed by atoms with E-state index in [1.807, 2.05) is 19.9 Å². The van der Waals surface area contributed by atoms with Gasteiger partial charge in [-0.05, 0) is 31.5 Å². The van der Waals surface area contributed by atoms with Gasteiger partial charge in [0.25, 0.3) is 0 Å². The van der Waals surface area contributed by atoms with Gasteiger partial charge in [-0.15, -0.1) is 0 Å². The molecule has 1 N–H and O–H groups in total. The maximum atomic E-state index is 11.6. The lowest BCUT2D eigenvalue weighted by Gasteiger charge is -2.23. The van der Waals surface area contributed by atoms with Gasteiger partial charge in [0.15, 0.2) is 0 Å². The first-order valence-corrected chi connectivity index (χ1v) is 4.75. The number of amides is 1. The second-order valence-electron chi connectivity index (χ2n) is 3.90. The Hall–Kier alpha value is -1.82. The second kappa shape index (κ2) is 4.14. The first-order valence-electron chi connectivity index (χ1n) is 4.75. The van der Waals surface area contributed by atoms with E-state index >= 15 is 0 Å². The highest BCUT2D eigenvalue weighted by Crippen LogP contribution is 2.23. The van der Waals surface area contributed by atoms with Crippen molar-refractivity contribution in [3.8, 4) is 6.07 Å². The van der Waals surface area contributed by atoms with Gasteiger partial charge in [0, 0.05) is 7.05 Å². The Balaban J connectivity index is 3.16. The van der Waals surface area contributed by atoms with Crippen LogP contribution >= 0.6 is 0 Å². The van der Waals surface area contributed by atoms with Gasteiger partial charge in [0.2, 0.25) is 5.91 Å². The Labute approximate surface area is 89.7 Å². The SMILES string of the molecule is CNC(=O)C(C)(C)c1cccc(C#N)c1. The average molecular weight is 202 g/mol. The molecular weight excluding hydrogens is 188 g/mol. The molecule has 0 radical (unpaired) electrons. The normalized spacial score (nSPS) is 10.5. The number of hydrogen-bond donors (Lipinski definition) is 1. The molecule has 0 aliphatic rings. The van der Waals surface area contributed by atoms with E-state index in [0.29, 0.717) is 5.56 Å². The van der Waals surface area contributed by atoms with Crippen molar-refractivity contribution in [1.29, 1.82) is 5.26 Å². The minimum Gasteiger partial charge on any atom is -0.358 e. The van der Waals surface area contributed by atoms with Gasteiger partial charge in [0.05, 0.1) is 17.0 Å². The van der Waals surface area contributed by atoms with Crippen molar-refractivity contribution >= 4 is 5.91 Å². The fraction of sp³-hybridized carbons (Fsp3) is 0.333. The van der Waals surface area contributed by atoms with Crippen LogP contribution in [0.25, 0.3) is 0 Å². The first kappa shape index (κ1) is 11.3. The fourth-order valence-corrected chi connectivity index (χ4v) is 1.42. The summed E-state index contributed by atoms with van der Waals surface area (Å²) in [6, 6.07) is 9.18. The number of benzene rings is 1. The Bertz CT molecular complexity index is 416. The van der Waals surface area contributed by atoms with Gasteiger partial charge >= 0.3 is 0 Å². The third-order valence-electron chi connectivity index (χ3n) is 2.51. The summed E-state index contributed by atoms with van der Waals surface area (Å²) in [6.45, 7) is 3.67. The predicted molar refractivity (Wildman–Crippen MR) is 58.2 cm³/mol. The highest BCUT2D eigenvalue weighted by Gasteiger charge is 2.28. The molecule has 1 rings (SSSR count). The molecule has 1 amide bonds. The molecule has 0 fully saturated rings. The first-order chi connectivity index (χ1) is 7.02. The molecule has 78 valence electrons. The van der Waals surface area contributed by atoms with Crippen LogP contribution in [0.15, 0.2) is 24.3 Å². The summed E-state index contributed by atoms with van der Waals surface area (Å²) in [4.78, 5) is 11.6. The van der Waals surface area contributed by atoms with E-state index in [0.717, 1.165) is 5.56 Å². The molecule has 1 aromatic carbocycles. The lowest BCUT2D eigenvalue weighted by Crippen LogP contribution is -2.37. The van der Waals surface area contributed by atoms with E-state index in [2.05, 4.69) is 11.4 Å². The quantitative estimate of drug-likeness (QED) is 0.791. The van der Waals surface area contributed by atoms with Gasteiger partial charge in [-0.25, -0.2) is 0 Å². The van der Waals surface area contributed by atoms with Crippen molar-refractivity contribution in [3.05, 3.63) is 35.4 Å². The molecule has 0 aliphatic carbocycles. The van der Waals surface area contributed by atoms with E-state index in [-0.39, 0.29) is 5.91 Å². The highest BCUT2D eigenvalue weighted by molar-refractivity contribution is 5.87. The minimum absolute atomic E-state index is 0.0578. The van der Waals surface area contributed by atoms with Crippen LogP contribution in [0, 0.1) is 11.3 Å². The maximum absolute atomic E-state index is 11.6. The summed E-state index contributed by atoms with van der Waals surface area (Å²) < 4.78 is 0. The Morgan fingerprint density at radius 3 is 2.67 bits per heavy atom. The number of nitriles is 1. The molecule has 0 unspecified atom stereocenters. The van der Waals surface area contributed by atoms with Gasteiger partial charge in [-0.3, -0.25) is 4.79 Å². The topological polar surface area (TPSA) is 52.9 Å². The van der Waals surface area contributed by atoms with Gasteiger partial charge in [-0.2, -0.15) is 5.26 Å². The molecule has 0 spiro atoms. The number of hydrogen-bond acceptors (Lipinski definition) is 2. The van der Waals surface area contributed by atoms with Crippen LogP contribution in [0.4, 0.5) is 0 Å². The molecule has 3 nitrogen and oxygen atoms in total. The number of carbonyl (C=O) groups is 1. The number of nitrogens with one attached hydrogen (secondary N) is 1. The summed E-state index contributed by atoms with van der Waals surface area (Å²) in [5, 5.41) is 11.4. The van der Waals surface area contributed by atoms with Crippen molar-refractivity contribution in [3.63, 3.8) is 0 Å². The van der Waals surface area contributed by atoms with Gasteiger partial charge in [0.1, 0.15) is 0 Å². The number of rotatable bonds is 2. The minimum atomic E-state index is -0.610. The van der Waals surface area contributed by atoms with Gasteiger partial charge in [-0.1, -0.05) is 12.1 Å². The van der Waals surface area contributed by atoms with Crippen molar-refractivity contribution in [2.75, 3.05) is 7.05 Å². The van der Waals surface area contributed by atoms with Crippen molar-refractivity contribution < 1.29 is 4.79 Å². The Morgan fingerprint density at radius 1 is 1.47 bits per heavy atom.